The van der Waals surface area contributed by atoms with Gasteiger partial charge in [-0.15, -0.1) is 0 Å². The molecule has 0 aromatic heterocycles. The summed E-state index contributed by atoms with van der Waals surface area (Å²) < 4.78 is 0. The molecule has 1 fully saturated rings. The van der Waals surface area contributed by atoms with E-state index in [1.807, 2.05) is 0 Å². The molecule has 0 heterocycles. The van der Waals surface area contributed by atoms with Crippen molar-refractivity contribution >= 4 is 12.6 Å². The molecule has 0 aromatic rings. The maximum atomic E-state index is 4.19. The second-order valence-corrected chi connectivity index (χ2v) is 2.99. The van der Waals surface area contributed by atoms with E-state index in [0.717, 1.165) is 17.6 Å². The molecule has 0 saturated heterocycles. The summed E-state index contributed by atoms with van der Waals surface area (Å²) in [6.07, 6.45) is 2.84. The zero-order valence-electron chi connectivity index (χ0n) is 4.72. The standard InChI is InChI=1S/C6H12S/c1-5-2-6(3-5)4-7/h5-7H,2-4H2,1H3. The van der Waals surface area contributed by atoms with E-state index in [0.29, 0.717) is 0 Å². The fourth-order valence-corrected chi connectivity index (χ4v) is 1.52. The Kier molecular flexibility index (Phi) is 1.63. The third kappa shape index (κ3) is 1.12. The van der Waals surface area contributed by atoms with E-state index < -0.39 is 0 Å². The quantitative estimate of drug-likeness (QED) is 0.497. The molecule has 1 heteroatoms. The van der Waals surface area contributed by atoms with Gasteiger partial charge in [-0.05, 0) is 30.4 Å². The van der Waals surface area contributed by atoms with E-state index >= 15 is 0 Å². The SMILES string of the molecule is CC1CC(CS)C1. The Morgan fingerprint density at radius 3 is 2.29 bits per heavy atom. The highest BCUT2D eigenvalue weighted by molar-refractivity contribution is 7.80. The van der Waals surface area contributed by atoms with Gasteiger partial charge in [-0.25, -0.2) is 0 Å². The number of thiol groups is 1. The molecule has 0 aliphatic heterocycles. The number of hydrogen-bond acceptors (Lipinski definition) is 1. The van der Waals surface area contributed by atoms with Crippen LogP contribution in [0.2, 0.25) is 0 Å². The first kappa shape index (κ1) is 5.49. The summed E-state index contributed by atoms with van der Waals surface area (Å²) in [4.78, 5) is 0. The summed E-state index contributed by atoms with van der Waals surface area (Å²) in [6.45, 7) is 2.31. The lowest BCUT2D eigenvalue weighted by Gasteiger charge is -2.30. The molecule has 1 saturated carbocycles. The summed E-state index contributed by atoms with van der Waals surface area (Å²) in [7, 11) is 0. The fraction of sp³-hybridized carbons (Fsp3) is 1.00. The Bertz CT molecular complexity index is 55.2. The first-order valence-corrected chi connectivity index (χ1v) is 3.57. The third-order valence-corrected chi connectivity index (χ3v) is 2.25. The summed E-state index contributed by atoms with van der Waals surface area (Å²) in [5.41, 5.74) is 0. The van der Waals surface area contributed by atoms with Crippen molar-refractivity contribution in [3.05, 3.63) is 0 Å². The van der Waals surface area contributed by atoms with Gasteiger partial charge in [-0.3, -0.25) is 0 Å². The second kappa shape index (κ2) is 2.08. The maximum absolute atomic E-state index is 4.19. The molecule has 42 valence electrons. The average molecular weight is 116 g/mol. The van der Waals surface area contributed by atoms with E-state index in [1.165, 1.54) is 12.8 Å². The van der Waals surface area contributed by atoms with Crippen LogP contribution in [0.3, 0.4) is 0 Å². The van der Waals surface area contributed by atoms with Crippen LogP contribution in [0.25, 0.3) is 0 Å². The minimum Gasteiger partial charge on any atom is -0.179 e. The van der Waals surface area contributed by atoms with Gasteiger partial charge in [0.1, 0.15) is 0 Å². The summed E-state index contributed by atoms with van der Waals surface area (Å²) in [5.74, 6) is 3.06. The van der Waals surface area contributed by atoms with Crippen LogP contribution in [-0.4, -0.2) is 5.75 Å². The largest absolute Gasteiger partial charge is 0.179 e. The van der Waals surface area contributed by atoms with Crippen LogP contribution in [0.1, 0.15) is 19.8 Å². The molecule has 0 amide bonds. The number of rotatable bonds is 1. The molecular formula is C6H12S. The van der Waals surface area contributed by atoms with Gasteiger partial charge in [-0.1, -0.05) is 6.92 Å². The lowest BCUT2D eigenvalue weighted by atomic mass is 9.77. The summed E-state index contributed by atoms with van der Waals surface area (Å²) >= 11 is 4.19. The monoisotopic (exact) mass is 116 g/mol. The topological polar surface area (TPSA) is 0 Å². The van der Waals surface area contributed by atoms with Crippen LogP contribution in [0, 0.1) is 11.8 Å². The van der Waals surface area contributed by atoms with Gasteiger partial charge < -0.3 is 0 Å². The second-order valence-electron chi connectivity index (χ2n) is 2.63. The molecule has 0 atom stereocenters. The molecule has 0 spiro atoms. The molecule has 0 bridgehead atoms. The van der Waals surface area contributed by atoms with Gasteiger partial charge >= 0.3 is 0 Å². The zero-order valence-corrected chi connectivity index (χ0v) is 5.62. The first-order valence-electron chi connectivity index (χ1n) is 2.93. The molecule has 0 nitrogen and oxygen atoms in total. The molecule has 0 N–H and O–H groups in total. The van der Waals surface area contributed by atoms with Crippen molar-refractivity contribution in [3.8, 4) is 0 Å². The normalized spacial score (nSPS) is 40.3. The summed E-state index contributed by atoms with van der Waals surface area (Å²) in [6, 6.07) is 0. The highest BCUT2D eigenvalue weighted by Gasteiger charge is 2.22. The van der Waals surface area contributed by atoms with E-state index in [1.54, 1.807) is 0 Å². The molecule has 0 aromatic carbocycles. The van der Waals surface area contributed by atoms with Gasteiger partial charge in [0, 0.05) is 0 Å². The molecule has 1 aliphatic carbocycles. The Balaban J connectivity index is 2.06. The summed E-state index contributed by atoms with van der Waals surface area (Å²) in [5, 5.41) is 0. The predicted molar refractivity (Wildman–Crippen MR) is 35.7 cm³/mol. The highest BCUT2D eigenvalue weighted by Crippen LogP contribution is 2.33. The van der Waals surface area contributed by atoms with Crippen molar-refractivity contribution < 1.29 is 0 Å². The van der Waals surface area contributed by atoms with Crippen LogP contribution in [-0.2, 0) is 0 Å². The fourth-order valence-electron chi connectivity index (χ4n) is 1.22. The van der Waals surface area contributed by atoms with Gasteiger partial charge in [-0.2, -0.15) is 12.6 Å². The van der Waals surface area contributed by atoms with Crippen molar-refractivity contribution in [3.63, 3.8) is 0 Å². The maximum Gasteiger partial charge on any atom is -0.00693 e. The first-order chi connectivity index (χ1) is 3.33. The zero-order chi connectivity index (χ0) is 5.28. The molecule has 0 unspecified atom stereocenters. The third-order valence-electron chi connectivity index (χ3n) is 1.73. The predicted octanol–water partition coefficient (Wildman–Crippen LogP) is 1.96. The van der Waals surface area contributed by atoms with Gasteiger partial charge in [0.05, 0.1) is 0 Å². The lowest BCUT2D eigenvalue weighted by Crippen LogP contribution is -2.21. The van der Waals surface area contributed by atoms with E-state index in [2.05, 4.69) is 19.6 Å². The van der Waals surface area contributed by atoms with Crippen LogP contribution >= 0.6 is 12.6 Å². The lowest BCUT2D eigenvalue weighted by molar-refractivity contribution is 0.238. The van der Waals surface area contributed by atoms with Crippen LogP contribution in [0.15, 0.2) is 0 Å². The Morgan fingerprint density at radius 2 is 2.14 bits per heavy atom. The van der Waals surface area contributed by atoms with Crippen LogP contribution < -0.4 is 0 Å². The van der Waals surface area contributed by atoms with Crippen molar-refractivity contribution in [2.45, 2.75) is 19.8 Å². The van der Waals surface area contributed by atoms with Gasteiger partial charge in [0.2, 0.25) is 0 Å². The van der Waals surface area contributed by atoms with Gasteiger partial charge in [0.25, 0.3) is 0 Å². The Hall–Kier alpha value is 0.350. The van der Waals surface area contributed by atoms with Crippen molar-refractivity contribution in [2.24, 2.45) is 11.8 Å². The molecule has 1 aliphatic rings. The minimum absolute atomic E-state index is 0.957. The molecule has 0 radical (unpaired) electrons. The Labute approximate surface area is 50.7 Å². The smallest absolute Gasteiger partial charge is 0.00693 e. The van der Waals surface area contributed by atoms with Crippen molar-refractivity contribution in [1.29, 1.82) is 0 Å². The van der Waals surface area contributed by atoms with E-state index in [4.69, 9.17) is 0 Å². The van der Waals surface area contributed by atoms with E-state index in [9.17, 15) is 0 Å². The van der Waals surface area contributed by atoms with Crippen LogP contribution in [0.4, 0.5) is 0 Å². The molecular weight excluding hydrogens is 104 g/mol. The average Bonchev–Trinajstić information content (AvgIpc) is 1.58. The van der Waals surface area contributed by atoms with Crippen LogP contribution in [0.5, 0.6) is 0 Å². The Morgan fingerprint density at radius 1 is 1.57 bits per heavy atom. The van der Waals surface area contributed by atoms with E-state index in [-0.39, 0.29) is 0 Å². The molecule has 1 rings (SSSR count). The number of hydrogen-bond donors (Lipinski definition) is 1. The minimum atomic E-state index is 0.957. The highest BCUT2D eigenvalue weighted by atomic mass is 32.1. The van der Waals surface area contributed by atoms with Gasteiger partial charge in [0.15, 0.2) is 0 Å². The molecule has 7 heavy (non-hydrogen) atoms. The van der Waals surface area contributed by atoms with Crippen molar-refractivity contribution in [1.82, 2.24) is 0 Å². The van der Waals surface area contributed by atoms with Crippen molar-refractivity contribution in [2.75, 3.05) is 5.75 Å².